The Labute approximate surface area is 121 Å². The first-order chi connectivity index (χ1) is 9.38. The van der Waals surface area contributed by atoms with Crippen molar-refractivity contribution in [2.45, 2.75) is 19.4 Å². The van der Waals surface area contributed by atoms with E-state index in [9.17, 15) is 0 Å². The van der Waals surface area contributed by atoms with Gasteiger partial charge in [0.25, 0.3) is 0 Å². The number of thiophene rings is 2. The average Bonchev–Trinajstić information content (AvgIpc) is 3.09. The lowest BCUT2D eigenvalue weighted by molar-refractivity contribution is 0.599. The van der Waals surface area contributed by atoms with Crippen LogP contribution in [0.3, 0.4) is 0 Å². The normalized spacial score (nSPS) is 12.9. The lowest BCUT2D eigenvalue weighted by atomic mass is 10.0. The minimum atomic E-state index is 0.255. The molecule has 98 valence electrons. The fourth-order valence-electron chi connectivity index (χ4n) is 2.18. The fourth-order valence-corrected chi connectivity index (χ4v) is 3.65. The van der Waals surface area contributed by atoms with E-state index in [0.29, 0.717) is 0 Å². The molecule has 0 spiro atoms. The molecule has 3 aromatic rings. The first kappa shape index (κ1) is 12.8. The Hall–Kier alpha value is -1.23. The van der Waals surface area contributed by atoms with Crippen LogP contribution in [0.25, 0.3) is 10.2 Å². The topological polar surface area (TPSA) is 24.9 Å². The highest BCUT2D eigenvalue weighted by Crippen LogP contribution is 2.27. The van der Waals surface area contributed by atoms with Crippen LogP contribution in [0.2, 0.25) is 0 Å². The standard InChI is InChI=1S/C15H16N2S2/c1-2-5-16-15(11-3-6-18-10-11)12-8-14-13(17-9-12)4-7-19-14/h3-4,6-10,15-16H,2,5H2,1H3. The quantitative estimate of drug-likeness (QED) is 0.750. The lowest BCUT2D eigenvalue weighted by Gasteiger charge is -2.17. The molecule has 3 aromatic heterocycles. The summed E-state index contributed by atoms with van der Waals surface area (Å²) in [6.07, 6.45) is 3.13. The molecule has 4 heteroatoms. The first-order valence-corrected chi connectivity index (χ1v) is 8.29. The van der Waals surface area contributed by atoms with Crippen LogP contribution in [0.4, 0.5) is 0 Å². The van der Waals surface area contributed by atoms with E-state index < -0.39 is 0 Å². The molecule has 1 atom stereocenters. The third-order valence-electron chi connectivity index (χ3n) is 3.13. The Morgan fingerprint density at radius 2 is 2.21 bits per heavy atom. The Balaban J connectivity index is 1.97. The molecule has 0 aliphatic carbocycles. The Bertz CT molecular complexity index is 643. The van der Waals surface area contributed by atoms with E-state index in [4.69, 9.17) is 0 Å². The van der Waals surface area contributed by atoms with Gasteiger partial charge in [-0.2, -0.15) is 11.3 Å². The molecular formula is C15H16N2S2. The van der Waals surface area contributed by atoms with E-state index >= 15 is 0 Å². The van der Waals surface area contributed by atoms with Crippen molar-refractivity contribution >= 4 is 32.9 Å². The Morgan fingerprint density at radius 1 is 1.26 bits per heavy atom. The van der Waals surface area contributed by atoms with Gasteiger partial charge in [0.05, 0.1) is 16.3 Å². The highest BCUT2D eigenvalue weighted by atomic mass is 32.1. The van der Waals surface area contributed by atoms with E-state index in [1.54, 1.807) is 22.7 Å². The SMILES string of the molecule is CCCNC(c1ccsc1)c1cnc2ccsc2c1. The van der Waals surface area contributed by atoms with Gasteiger partial charge in [0.2, 0.25) is 0 Å². The summed E-state index contributed by atoms with van der Waals surface area (Å²) in [6.45, 7) is 3.21. The van der Waals surface area contributed by atoms with Crippen molar-refractivity contribution < 1.29 is 0 Å². The first-order valence-electron chi connectivity index (χ1n) is 6.47. The van der Waals surface area contributed by atoms with Gasteiger partial charge >= 0.3 is 0 Å². The smallest absolute Gasteiger partial charge is 0.0809 e. The Morgan fingerprint density at radius 3 is 3.00 bits per heavy atom. The van der Waals surface area contributed by atoms with Crippen molar-refractivity contribution in [1.82, 2.24) is 10.3 Å². The number of nitrogens with one attached hydrogen (secondary N) is 1. The van der Waals surface area contributed by atoms with Gasteiger partial charge in [0, 0.05) is 6.20 Å². The van der Waals surface area contributed by atoms with Gasteiger partial charge in [-0.15, -0.1) is 11.3 Å². The summed E-state index contributed by atoms with van der Waals surface area (Å²) < 4.78 is 1.26. The summed E-state index contributed by atoms with van der Waals surface area (Å²) in [5.74, 6) is 0. The van der Waals surface area contributed by atoms with Crippen molar-refractivity contribution in [2.24, 2.45) is 0 Å². The van der Waals surface area contributed by atoms with E-state index in [1.165, 1.54) is 15.8 Å². The third kappa shape index (κ3) is 2.71. The molecule has 2 nitrogen and oxygen atoms in total. The average molecular weight is 288 g/mol. The molecule has 0 fully saturated rings. The zero-order chi connectivity index (χ0) is 13.1. The Kier molecular flexibility index (Phi) is 3.92. The molecule has 3 rings (SSSR count). The summed E-state index contributed by atoms with van der Waals surface area (Å²) in [5, 5.41) is 10.1. The van der Waals surface area contributed by atoms with Gasteiger partial charge < -0.3 is 5.32 Å². The highest BCUT2D eigenvalue weighted by molar-refractivity contribution is 7.17. The molecule has 19 heavy (non-hydrogen) atoms. The molecule has 0 aliphatic rings. The van der Waals surface area contributed by atoms with Crippen molar-refractivity contribution in [3.63, 3.8) is 0 Å². The fraction of sp³-hybridized carbons (Fsp3) is 0.267. The number of hydrogen-bond donors (Lipinski definition) is 1. The van der Waals surface area contributed by atoms with E-state index in [1.807, 2.05) is 6.20 Å². The minimum Gasteiger partial charge on any atom is -0.306 e. The minimum absolute atomic E-state index is 0.255. The molecular weight excluding hydrogens is 272 g/mol. The van der Waals surface area contributed by atoms with Crippen molar-refractivity contribution in [1.29, 1.82) is 0 Å². The summed E-state index contributed by atoms with van der Waals surface area (Å²) >= 11 is 3.50. The molecule has 1 unspecified atom stereocenters. The van der Waals surface area contributed by atoms with Gasteiger partial charge in [-0.3, -0.25) is 4.98 Å². The number of rotatable bonds is 5. The highest BCUT2D eigenvalue weighted by Gasteiger charge is 2.14. The maximum atomic E-state index is 4.55. The van der Waals surface area contributed by atoms with Crippen LogP contribution < -0.4 is 5.32 Å². The number of nitrogens with zero attached hydrogens (tertiary/aromatic N) is 1. The maximum Gasteiger partial charge on any atom is 0.0809 e. The number of hydrogen-bond acceptors (Lipinski definition) is 4. The monoisotopic (exact) mass is 288 g/mol. The zero-order valence-corrected chi connectivity index (χ0v) is 12.4. The molecule has 1 N–H and O–H groups in total. The second-order valence-electron chi connectivity index (χ2n) is 4.52. The number of pyridine rings is 1. The summed E-state index contributed by atoms with van der Waals surface area (Å²) in [5.41, 5.74) is 3.67. The second-order valence-corrected chi connectivity index (χ2v) is 6.24. The zero-order valence-electron chi connectivity index (χ0n) is 10.8. The van der Waals surface area contributed by atoms with E-state index in [2.05, 4.69) is 51.6 Å². The van der Waals surface area contributed by atoms with Crippen LogP contribution in [0.1, 0.15) is 30.5 Å². The van der Waals surface area contributed by atoms with Gasteiger partial charge in [0.1, 0.15) is 0 Å². The molecule has 3 heterocycles. The largest absolute Gasteiger partial charge is 0.306 e. The molecule has 0 aliphatic heterocycles. The second kappa shape index (κ2) is 5.82. The van der Waals surface area contributed by atoms with Crippen molar-refractivity contribution in [3.8, 4) is 0 Å². The molecule has 0 radical (unpaired) electrons. The summed E-state index contributed by atoms with van der Waals surface area (Å²) in [7, 11) is 0. The third-order valence-corrected chi connectivity index (χ3v) is 4.69. The van der Waals surface area contributed by atoms with Crippen molar-refractivity contribution in [2.75, 3.05) is 6.54 Å². The van der Waals surface area contributed by atoms with Crippen LogP contribution in [0.15, 0.2) is 40.5 Å². The van der Waals surface area contributed by atoms with Crippen LogP contribution in [0.5, 0.6) is 0 Å². The van der Waals surface area contributed by atoms with Crippen molar-refractivity contribution in [3.05, 3.63) is 51.7 Å². The molecule has 0 saturated carbocycles. The molecule has 0 saturated heterocycles. The predicted octanol–water partition coefficient (Wildman–Crippen LogP) is 4.45. The van der Waals surface area contributed by atoms with Gasteiger partial charge in [-0.05, 0) is 58.4 Å². The number of aromatic nitrogens is 1. The van der Waals surface area contributed by atoms with Crippen LogP contribution in [-0.4, -0.2) is 11.5 Å². The van der Waals surface area contributed by atoms with Gasteiger partial charge in [-0.25, -0.2) is 0 Å². The van der Waals surface area contributed by atoms with Gasteiger partial charge in [-0.1, -0.05) is 6.92 Å². The van der Waals surface area contributed by atoms with Crippen LogP contribution >= 0.6 is 22.7 Å². The van der Waals surface area contributed by atoms with Crippen LogP contribution in [0, 0.1) is 0 Å². The van der Waals surface area contributed by atoms with Gasteiger partial charge in [0.15, 0.2) is 0 Å². The maximum absolute atomic E-state index is 4.55. The molecule has 0 amide bonds. The summed E-state index contributed by atoms with van der Waals surface area (Å²) in [4.78, 5) is 4.55. The predicted molar refractivity (Wildman–Crippen MR) is 84.1 cm³/mol. The molecule has 0 bridgehead atoms. The lowest BCUT2D eigenvalue weighted by Crippen LogP contribution is -2.22. The number of fused-ring (bicyclic) bond motifs is 1. The van der Waals surface area contributed by atoms with E-state index in [-0.39, 0.29) is 6.04 Å². The van der Waals surface area contributed by atoms with E-state index in [0.717, 1.165) is 18.5 Å². The van der Waals surface area contributed by atoms with Crippen LogP contribution in [-0.2, 0) is 0 Å². The summed E-state index contributed by atoms with van der Waals surface area (Å²) in [6, 6.07) is 6.78. The molecule has 0 aromatic carbocycles.